The lowest BCUT2D eigenvalue weighted by Gasteiger charge is -2.34. The number of likely N-dealkylation sites (tertiary alicyclic amines) is 1. The number of nitrogens with zero attached hydrogens (tertiary/aromatic N) is 1. The van der Waals surface area contributed by atoms with Crippen LogP contribution in [0.1, 0.15) is 19.8 Å². The fourth-order valence-electron chi connectivity index (χ4n) is 1.74. The van der Waals surface area contributed by atoms with Gasteiger partial charge in [-0.3, -0.25) is 4.90 Å². The van der Waals surface area contributed by atoms with Gasteiger partial charge in [-0.1, -0.05) is 0 Å². The number of alkyl halides is 2. The maximum absolute atomic E-state index is 11.8. The molecule has 0 aromatic heterocycles. The molecule has 0 bridgehead atoms. The standard InChI is InChI=1S/C10H18F2NO2/c1-8(7-15-10(11)12)13-5-3-9(14-2)4-6-13/h8,10H,3-7H2,1-2H3. The fourth-order valence-corrected chi connectivity index (χ4v) is 1.74. The molecule has 0 aromatic carbocycles. The quantitative estimate of drug-likeness (QED) is 0.709. The summed E-state index contributed by atoms with van der Waals surface area (Å²) in [5.74, 6) is 0. The van der Waals surface area contributed by atoms with Gasteiger partial charge in [-0.05, 0) is 19.8 Å². The second-order valence-corrected chi connectivity index (χ2v) is 3.72. The average Bonchev–Trinajstić information content (AvgIpc) is 2.26. The predicted molar refractivity (Wildman–Crippen MR) is 52.5 cm³/mol. The molecule has 1 unspecified atom stereocenters. The van der Waals surface area contributed by atoms with Crippen molar-refractivity contribution in [1.82, 2.24) is 4.90 Å². The van der Waals surface area contributed by atoms with Gasteiger partial charge in [0.05, 0.1) is 12.7 Å². The number of piperidine rings is 1. The Morgan fingerprint density at radius 3 is 2.40 bits per heavy atom. The van der Waals surface area contributed by atoms with Gasteiger partial charge in [0.15, 0.2) is 0 Å². The van der Waals surface area contributed by atoms with Crippen molar-refractivity contribution in [2.24, 2.45) is 0 Å². The molecule has 89 valence electrons. The SMILES string of the molecule is CO[C]1CCN(C(C)COC(F)F)CC1. The lowest BCUT2D eigenvalue weighted by molar-refractivity contribution is -0.140. The van der Waals surface area contributed by atoms with Crippen LogP contribution >= 0.6 is 0 Å². The number of hydrogen-bond acceptors (Lipinski definition) is 3. The molecule has 0 spiro atoms. The third kappa shape index (κ3) is 4.40. The van der Waals surface area contributed by atoms with Gasteiger partial charge in [0.25, 0.3) is 0 Å². The summed E-state index contributed by atoms with van der Waals surface area (Å²) in [7, 11) is 1.67. The van der Waals surface area contributed by atoms with Crippen LogP contribution in [0.15, 0.2) is 0 Å². The molecule has 1 heterocycles. The number of methoxy groups -OCH3 is 1. The minimum absolute atomic E-state index is 0.0393. The van der Waals surface area contributed by atoms with Crippen LogP contribution in [0.4, 0.5) is 8.78 Å². The van der Waals surface area contributed by atoms with Crippen LogP contribution in [-0.2, 0) is 9.47 Å². The second-order valence-electron chi connectivity index (χ2n) is 3.72. The van der Waals surface area contributed by atoms with Gasteiger partial charge in [-0.25, -0.2) is 0 Å². The van der Waals surface area contributed by atoms with Crippen molar-refractivity contribution in [2.45, 2.75) is 32.4 Å². The Hall–Kier alpha value is -0.260. The number of hydrogen-bond donors (Lipinski definition) is 0. The van der Waals surface area contributed by atoms with Gasteiger partial charge >= 0.3 is 6.61 Å². The smallest absolute Gasteiger partial charge is 0.345 e. The van der Waals surface area contributed by atoms with Gasteiger partial charge in [-0.15, -0.1) is 0 Å². The Balaban J connectivity index is 2.20. The van der Waals surface area contributed by atoms with Crippen LogP contribution in [0, 0.1) is 6.10 Å². The van der Waals surface area contributed by atoms with Gasteiger partial charge in [0, 0.05) is 26.2 Å². The zero-order chi connectivity index (χ0) is 11.3. The maximum atomic E-state index is 11.8. The molecule has 0 amide bonds. The molecule has 0 aliphatic carbocycles. The zero-order valence-electron chi connectivity index (χ0n) is 9.21. The molecule has 1 saturated heterocycles. The summed E-state index contributed by atoms with van der Waals surface area (Å²) in [6.45, 7) is 1.03. The molecule has 0 N–H and O–H groups in total. The van der Waals surface area contributed by atoms with Crippen LogP contribution in [0.2, 0.25) is 0 Å². The van der Waals surface area contributed by atoms with Gasteiger partial charge in [0.2, 0.25) is 0 Å². The predicted octanol–water partition coefficient (Wildman–Crippen LogP) is 1.89. The highest BCUT2D eigenvalue weighted by atomic mass is 19.3. The van der Waals surface area contributed by atoms with Gasteiger partial charge in [-0.2, -0.15) is 8.78 Å². The monoisotopic (exact) mass is 222 g/mol. The van der Waals surface area contributed by atoms with E-state index in [2.05, 4.69) is 9.64 Å². The lowest BCUT2D eigenvalue weighted by Crippen LogP contribution is -2.42. The van der Waals surface area contributed by atoms with E-state index in [-0.39, 0.29) is 12.6 Å². The van der Waals surface area contributed by atoms with E-state index in [0.717, 1.165) is 32.0 Å². The average molecular weight is 222 g/mol. The molecular formula is C10H18F2NO2. The van der Waals surface area contributed by atoms with Crippen molar-refractivity contribution in [3.63, 3.8) is 0 Å². The third-order valence-corrected chi connectivity index (χ3v) is 2.73. The maximum Gasteiger partial charge on any atom is 0.345 e. The number of rotatable bonds is 5. The zero-order valence-corrected chi connectivity index (χ0v) is 9.21. The van der Waals surface area contributed by atoms with E-state index < -0.39 is 6.61 Å². The van der Waals surface area contributed by atoms with E-state index in [1.807, 2.05) is 6.92 Å². The first-order valence-electron chi connectivity index (χ1n) is 5.16. The number of ether oxygens (including phenoxy) is 2. The third-order valence-electron chi connectivity index (χ3n) is 2.73. The van der Waals surface area contributed by atoms with Crippen LogP contribution in [-0.4, -0.2) is 44.4 Å². The summed E-state index contributed by atoms with van der Waals surface area (Å²) in [6, 6.07) is 0.0393. The van der Waals surface area contributed by atoms with Gasteiger partial charge in [0.1, 0.15) is 0 Å². The molecule has 15 heavy (non-hydrogen) atoms. The highest BCUT2D eigenvalue weighted by Crippen LogP contribution is 2.21. The fraction of sp³-hybridized carbons (Fsp3) is 0.900. The van der Waals surface area contributed by atoms with Crippen molar-refractivity contribution in [3.05, 3.63) is 6.10 Å². The minimum atomic E-state index is -2.67. The molecule has 0 saturated carbocycles. The minimum Gasteiger partial charge on any atom is -0.375 e. The highest BCUT2D eigenvalue weighted by Gasteiger charge is 2.23. The number of halogens is 2. The van der Waals surface area contributed by atoms with Crippen molar-refractivity contribution >= 4 is 0 Å². The first kappa shape index (κ1) is 12.8. The molecule has 1 fully saturated rings. The Morgan fingerprint density at radius 1 is 1.33 bits per heavy atom. The molecule has 1 aliphatic heterocycles. The van der Waals surface area contributed by atoms with Gasteiger partial charge < -0.3 is 9.47 Å². The Morgan fingerprint density at radius 2 is 1.93 bits per heavy atom. The van der Waals surface area contributed by atoms with E-state index >= 15 is 0 Å². The lowest BCUT2D eigenvalue weighted by atomic mass is 10.1. The van der Waals surface area contributed by atoms with Crippen molar-refractivity contribution in [1.29, 1.82) is 0 Å². The molecule has 0 aromatic rings. The molecule has 3 nitrogen and oxygen atoms in total. The molecule has 1 radical (unpaired) electrons. The van der Waals surface area contributed by atoms with E-state index in [1.54, 1.807) is 7.11 Å². The summed E-state index contributed by atoms with van der Waals surface area (Å²) in [5.41, 5.74) is 0. The van der Waals surface area contributed by atoms with Crippen LogP contribution in [0.3, 0.4) is 0 Å². The molecule has 1 rings (SSSR count). The first-order valence-corrected chi connectivity index (χ1v) is 5.16. The van der Waals surface area contributed by atoms with Crippen molar-refractivity contribution in [2.75, 3.05) is 26.8 Å². The normalized spacial score (nSPS) is 22.2. The van der Waals surface area contributed by atoms with Crippen LogP contribution in [0.25, 0.3) is 0 Å². The summed E-state index contributed by atoms with van der Waals surface area (Å²) < 4.78 is 33.1. The van der Waals surface area contributed by atoms with E-state index in [4.69, 9.17) is 4.74 Å². The highest BCUT2D eigenvalue weighted by molar-refractivity contribution is 4.87. The van der Waals surface area contributed by atoms with Crippen LogP contribution in [0.5, 0.6) is 0 Å². The Kier molecular flexibility index (Phi) is 5.42. The molecule has 1 atom stereocenters. The summed E-state index contributed by atoms with van der Waals surface area (Å²) in [5, 5.41) is 0. The largest absolute Gasteiger partial charge is 0.375 e. The van der Waals surface area contributed by atoms with E-state index in [1.165, 1.54) is 0 Å². The van der Waals surface area contributed by atoms with E-state index in [0.29, 0.717) is 0 Å². The summed E-state index contributed by atoms with van der Waals surface area (Å²) in [4.78, 5) is 2.14. The molecular weight excluding hydrogens is 204 g/mol. The summed E-state index contributed by atoms with van der Waals surface area (Å²) >= 11 is 0. The Bertz CT molecular complexity index is 173. The Labute approximate surface area is 89.3 Å². The first-order chi connectivity index (χ1) is 7.13. The summed E-state index contributed by atoms with van der Waals surface area (Å²) in [6.07, 6.45) is 2.86. The van der Waals surface area contributed by atoms with Crippen molar-refractivity contribution in [3.8, 4) is 0 Å². The van der Waals surface area contributed by atoms with E-state index in [9.17, 15) is 8.78 Å². The topological polar surface area (TPSA) is 21.7 Å². The molecule has 5 heteroatoms. The van der Waals surface area contributed by atoms with Crippen molar-refractivity contribution < 1.29 is 18.3 Å². The molecule has 1 aliphatic rings. The van der Waals surface area contributed by atoms with Crippen LogP contribution < -0.4 is 0 Å². The second kappa shape index (κ2) is 6.35.